The van der Waals surface area contributed by atoms with Gasteiger partial charge in [-0.05, 0) is 12.1 Å². The topological polar surface area (TPSA) is 103 Å². The van der Waals surface area contributed by atoms with Crippen LogP contribution in [-0.4, -0.2) is 47.3 Å². The molecule has 3 N–H and O–H groups in total. The van der Waals surface area contributed by atoms with Gasteiger partial charge in [-0.1, -0.05) is 6.07 Å². The molecule has 6 nitrogen and oxygen atoms in total. The molecule has 1 heterocycles. The van der Waals surface area contributed by atoms with E-state index in [1.807, 2.05) is 6.07 Å². The fraction of sp³-hybridized carbons (Fsp3) is 0.462. The van der Waals surface area contributed by atoms with Crippen molar-refractivity contribution in [2.45, 2.75) is 24.4 Å². The first-order valence-corrected chi connectivity index (χ1v) is 5.82. The van der Waals surface area contributed by atoms with Crippen LogP contribution in [0.4, 0.5) is 0 Å². The largest absolute Gasteiger partial charge is 0.496 e. The van der Waals surface area contributed by atoms with Crippen LogP contribution in [0.25, 0.3) is 0 Å². The second-order valence-electron chi connectivity index (χ2n) is 4.33. The average Bonchev–Trinajstić information content (AvgIpc) is 2.74. The third kappa shape index (κ3) is 2.41. The molecule has 1 aromatic rings. The zero-order valence-corrected chi connectivity index (χ0v) is 10.4. The Morgan fingerprint density at radius 2 is 2.11 bits per heavy atom. The van der Waals surface area contributed by atoms with Crippen molar-refractivity contribution in [1.82, 2.24) is 0 Å². The molecule has 1 fully saturated rings. The van der Waals surface area contributed by atoms with E-state index in [1.54, 1.807) is 12.1 Å². The first-order chi connectivity index (χ1) is 9.12. The molecular formula is C13H15NO5. The van der Waals surface area contributed by atoms with Gasteiger partial charge in [-0.2, -0.15) is 5.26 Å². The Labute approximate surface area is 110 Å². The molecule has 0 spiro atoms. The molecule has 1 aromatic carbocycles. The molecule has 0 radical (unpaired) electrons. The Morgan fingerprint density at radius 3 is 2.63 bits per heavy atom. The van der Waals surface area contributed by atoms with Crippen LogP contribution in [0.15, 0.2) is 18.2 Å². The third-order valence-corrected chi connectivity index (χ3v) is 3.21. The minimum Gasteiger partial charge on any atom is -0.496 e. The number of benzene rings is 1. The van der Waals surface area contributed by atoms with E-state index < -0.39 is 24.4 Å². The zero-order chi connectivity index (χ0) is 14.0. The maximum Gasteiger partial charge on any atom is 0.126 e. The number of methoxy groups -OCH3 is 1. The molecule has 0 saturated carbocycles. The fourth-order valence-corrected chi connectivity index (χ4v) is 2.17. The molecule has 19 heavy (non-hydrogen) atoms. The Hall–Kier alpha value is -1.65. The molecule has 102 valence electrons. The molecule has 0 amide bonds. The summed E-state index contributed by atoms with van der Waals surface area (Å²) in [6.07, 6.45) is -3.94. The number of hydrogen-bond donors (Lipinski definition) is 3. The van der Waals surface area contributed by atoms with Crippen LogP contribution < -0.4 is 4.74 Å². The van der Waals surface area contributed by atoms with Crippen molar-refractivity contribution in [2.24, 2.45) is 0 Å². The third-order valence-electron chi connectivity index (χ3n) is 3.21. The maximum atomic E-state index is 9.95. The zero-order valence-electron chi connectivity index (χ0n) is 10.4. The average molecular weight is 265 g/mol. The molecule has 1 aliphatic heterocycles. The number of hydrogen-bond acceptors (Lipinski definition) is 6. The Bertz CT molecular complexity index is 498. The van der Waals surface area contributed by atoms with Crippen molar-refractivity contribution < 1.29 is 24.8 Å². The van der Waals surface area contributed by atoms with Gasteiger partial charge < -0.3 is 24.8 Å². The predicted octanol–water partition coefficient (Wildman–Crippen LogP) is -0.279. The number of nitrogens with zero attached hydrogens (tertiary/aromatic N) is 1. The number of aliphatic hydroxyl groups is 3. The molecule has 4 atom stereocenters. The Kier molecular flexibility index (Phi) is 4.02. The van der Waals surface area contributed by atoms with Crippen LogP contribution >= 0.6 is 0 Å². The minimum absolute atomic E-state index is 0.382. The summed E-state index contributed by atoms with van der Waals surface area (Å²) in [5.41, 5.74) is 0.955. The fourth-order valence-electron chi connectivity index (χ4n) is 2.17. The lowest BCUT2D eigenvalue weighted by Gasteiger charge is -2.18. The summed E-state index contributed by atoms with van der Waals surface area (Å²) in [7, 11) is 1.45. The van der Waals surface area contributed by atoms with Crippen molar-refractivity contribution >= 4 is 0 Å². The number of aliphatic hydroxyl groups excluding tert-OH is 3. The van der Waals surface area contributed by atoms with Crippen molar-refractivity contribution in [1.29, 1.82) is 5.26 Å². The van der Waals surface area contributed by atoms with Crippen LogP contribution in [-0.2, 0) is 4.74 Å². The van der Waals surface area contributed by atoms with Gasteiger partial charge in [0.1, 0.15) is 30.2 Å². The second kappa shape index (κ2) is 5.55. The highest BCUT2D eigenvalue weighted by Gasteiger charge is 2.43. The highest BCUT2D eigenvalue weighted by molar-refractivity contribution is 5.44. The van der Waals surface area contributed by atoms with Crippen LogP contribution in [0.2, 0.25) is 0 Å². The van der Waals surface area contributed by atoms with E-state index in [4.69, 9.17) is 19.8 Å². The summed E-state index contributed by atoms with van der Waals surface area (Å²) >= 11 is 0. The van der Waals surface area contributed by atoms with Gasteiger partial charge in [0, 0.05) is 5.56 Å². The molecule has 0 aromatic heterocycles. The number of ether oxygens (including phenoxy) is 2. The first-order valence-electron chi connectivity index (χ1n) is 5.82. The number of rotatable bonds is 3. The van der Waals surface area contributed by atoms with Crippen LogP contribution in [0.5, 0.6) is 5.75 Å². The summed E-state index contributed by atoms with van der Waals surface area (Å²) in [6.45, 7) is -0.382. The van der Waals surface area contributed by atoms with Gasteiger partial charge in [0.15, 0.2) is 0 Å². The lowest BCUT2D eigenvalue weighted by atomic mass is 9.99. The van der Waals surface area contributed by atoms with E-state index in [2.05, 4.69) is 0 Å². The van der Waals surface area contributed by atoms with E-state index in [0.29, 0.717) is 16.9 Å². The van der Waals surface area contributed by atoms with E-state index in [0.717, 1.165) is 0 Å². The predicted molar refractivity (Wildman–Crippen MR) is 64.4 cm³/mol. The van der Waals surface area contributed by atoms with Crippen molar-refractivity contribution in [3.8, 4) is 11.8 Å². The molecule has 1 saturated heterocycles. The van der Waals surface area contributed by atoms with Gasteiger partial charge in [0.25, 0.3) is 0 Å². The summed E-state index contributed by atoms with van der Waals surface area (Å²) < 4.78 is 10.6. The Balaban J connectivity index is 2.35. The van der Waals surface area contributed by atoms with E-state index in [-0.39, 0.29) is 6.61 Å². The highest BCUT2D eigenvalue weighted by atomic mass is 16.6. The summed E-state index contributed by atoms with van der Waals surface area (Å²) in [6, 6.07) is 6.70. The van der Waals surface area contributed by atoms with Gasteiger partial charge >= 0.3 is 0 Å². The van der Waals surface area contributed by atoms with Gasteiger partial charge in [0.05, 0.1) is 25.3 Å². The lowest BCUT2D eigenvalue weighted by molar-refractivity contribution is -0.0233. The highest BCUT2D eigenvalue weighted by Crippen LogP contribution is 2.38. The molecular weight excluding hydrogens is 250 g/mol. The maximum absolute atomic E-state index is 9.95. The molecule has 3 unspecified atom stereocenters. The van der Waals surface area contributed by atoms with E-state index in [9.17, 15) is 10.2 Å². The van der Waals surface area contributed by atoms with E-state index >= 15 is 0 Å². The minimum atomic E-state index is -1.16. The van der Waals surface area contributed by atoms with Gasteiger partial charge in [-0.15, -0.1) is 0 Å². The van der Waals surface area contributed by atoms with Gasteiger partial charge in [0.2, 0.25) is 0 Å². The van der Waals surface area contributed by atoms with Crippen LogP contribution in [0.1, 0.15) is 17.2 Å². The monoisotopic (exact) mass is 265 g/mol. The van der Waals surface area contributed by atoms with Gasteiger partial charge in [-0.3, -0.25) is 0 Å². The van der Waals surface area contributed by atoms with E-state index in [1.165, 1.54) is 13.2 Å². The smallest absolute Gasteiger partial charge is 0.126 e. The first kappa shape index (κ1) is 13.8. The standard InChI is InChI=1S/C13H15NO5/c1-18-9-4-7(5-14)2-3-8(9)13-12(17)11(16)10(6-15)19-13/h2-4,10-13,15-17H,6H2,1H3/t10?,11?,12?,13-/m0/s1. The number of nitriles is 1. The van der Waals surface area contributed by atoms with Crippen LogP contribution in [0.3, 0.4) is 0 Å². The van der Waals surface area contributed by atoms with Crippen LogP contribution in [0, 0.1) is 11.3 Å². The van der Waals surface area contributed by atoms with Crippen molar-refractivity contribution in [3.05, 3.63) is 29.3 Å². The summed E-state index contributed by atoms with van der Waals surface area (Å²) in [5.74, 6) is 0.397. The molecule has 1 aliphatic rings. The quantitative estimate of drug-likeness (QED) is 0.694. The van der Waals surface area contributed by atoms with Crippen molar-refractivity contribution in [3.63, 3.8) is 0 Å². The summed E-state index contributed by atoms with van der Waals surface area (Å²) in [4.78, 5) is 0. The van der Waals surface area contributed by atoms with Gasteiger partial charge in [-0.25, -0.2) is 0 Å². The molecule has 0 bridgehead atoms. The normalized spacial score (nSPS) is 30.1. The molecule has 0 aliphatic carbocycles. The Morgan fingerprint density at radius 1 is 1.37 bits per heavy atom. The van der Waals surface area contributed by atoms with Crippen molar-refractivity contribution in [2.75, 3.05) is 13.7 Å². The molecule has 6 heteroatoms. The summed E-state index contributed by atoms with van der Waals surface area (Å²) in [5, 5.41) is 37.6. The SMILES string of the molecule is COc1cc(C#N)ccc1[C@@H]1OC(CO)C(O)C1O. The lowest BCUT2D eigenvalue weighted by Crippen LogP contribution is -2.32. The molecule has 2 rings (SSSR count). The second-order valence-corrected chi connectivity index (χ2v) is 4.33.